The van der Waals surface area contributed by atoms with Crippen LogP contribution in [0, 0.1) is 0 Å². The van der Waals surface area contributed by atoms with Crippen LogP contribution in [-0.4, -0.2) is 42.8 Å². The van der Waals surface area contributed by atoms with Gasteiger partial charge in [0.15, 0.2) is 0 Å². The second-order valence-corrected chi connectivity index (χ2v) is 3.95. The molecule has 2 N–H and O–H groups in total. The lowest BCUT2D eigenvalue weighted by molar-refractivity contribution is -0.0687. The van der Waals surface area contributed by atoms with Crippen LogP contribution in [0.3, 0.4) is 0 Å². The standard InChI is InChI=1S/C9H20N2O/c1-7(10)4-11-5-8(2)12-9(3)6-11/h7-9H,4-6,10H2,1-3H3/t7?,8-,9+. The van der Waals surface area contributed by atoms with Gasteiger partial charge in [-0.1, -0.05) is 0 Å². The van der Waals surface area contributed by atoms with Crippen molar-refractivity contribution in [3.05, 3.63) is 0 Å². The van der Waals surface area contributed by atoms with Crippen molar-refractivity contribution in [3.63, 3.8) is 0 Å². The Morgan fingerprint density at radius 1 is 1.42 bits per heavy atom. The van der Waals surface area contributed by atoms with Gasteiger partial charge < -0.3 is 10.5 Å². The number of hydrogen-bond donors (Lipinski definition) is 1. The summed E-state index contributed by atoms with van der Waals surface area (Å²) in [6, 6.07) is 0.266. The van der Waals surface area contributed by atoms with Gasteiger partial charge in [-0.3, -0.25) is 4.90 Å². The van der Waals surface area contributed by atoms with Crippen molar-refractivity contribution in [1.29, 1.82) is 0 Å². The van der Waals surface area contributed by atoms with Crippen LogP contribution in [0.1, 0.15) is 20.8 Å². The average Bonchev–Trinajstić information content (AvgIpc) is 1.81. The average molecular weight is 172 g/mol. The molecule has 0 aromatic carbocycles. The van der Waals surface area contributed by atoms with E-state index in [4.69, 9.17) is 10.5 Å². The fourth-order valence-corrected chi connectivity index (χ4v) is 1.84. The lowest BCUT2D eigenvalue weighted by atomic mass is 10.2. The summed E-state index contributed by atoms with van der Waals surface area (Å²) < 4.78 is 5.62. The summed E-state index contributed by atoms with van der Waals surface area (Å²) in [6.07, 6.45) is 0.708. The Balaban J connectivity index is 2.34. The SMILES string of the molecule is CC(N)CN1C[C@@H](C)O[C@@H](C)C1. The molecule has 3 nitrogen and oxygen atoms in total. The molecule has 0 aliphatic carbocycles. The summed E-state index contributed by atoms with van der Waals surface area (Å²) in [5.74, 6) is 0. The predicted octanol–water partition coefficient (Wildman–Crippen LogP) is 0.443. The molecule has 1 saturated heterocycles. The Hall–Kier alpha value is -0.120. The van der Waals surface area contributed by atoms with Crippen LogP contribution in [0.2, 0.25) is 0 Å². The van der Waals surface area contributed by atoms with E-state index in [-0.39, 0.29) is 6.04 Å². The van der Waals surface area contributed by atoms with Crippen molar-refractivity contribution < 1.29 is 4.74 Å². The van der Waals surface area contributed by atoms with Crippen molar-refractivity contribution in [3.8, 4) is 0 Å². The molecule has 0 bridgehead atoms. The summed E-state index contributed by atoms with van der Waals surface area (Å²) in [7, 11) is 0. The Labute approximate surface area is 74.9 Å². The Morgan fingerprint density at radius 2 is 1.92 bits per heavy atom. The third kappa shape index (κ3) is 3.09. The molecule has 1 aliphatic rings. The van der Waals surface area contributed by atoms with E-state index in [2.05, 4.69) is 18.7 Å². The van der Waals surface area contributed by atoms with Crippen LogP contribution in [0.5, 0.6) is 0 Å². The fraction of sp³-hybridized carbons (Fsp3) is 1.00. The highest BCUT2D eigenvalue weighted by atomic mass is 16.5. The van der Waals surface area contributed by atoms with E-state index < -0.39 is 0 Å². The number of morpholine rings is 1. The third-order valence-electron chi connectivity index (χ3n) is 2.04. The normalized spacial score (nSPS) is 35.0. The maximum absolute atomic E-state index is 5.73. The third-order valence-corrected chi connectivity index (χ3v) is 2.04. The molecule has 72 valence electrons. The van der Waals surface area contributed by atoms with Crippen molar-refractivity contribution in [1.82, 2.24) is 4.90 Å². The van der Waals surface area contributed by atoms with Crippen LogP contribution >= 0.6 is 0 Å². The topological polar surface area (TPSA) is 38.5 Å². The van der Waals surface area contributed by atoms with Crippen molar-refractivity contribution >= 4 is 0 Å². The van der Waals surface area contributed by atoms with Gasteiger partial charge in [-0.2, -0.15) is 0 Å². The molecule has 0 saturated carbocycles. The molecule has 0 aromatic rings. The number of nitrogens with two attached hydrogens (primary N) is 1. The van der Waals surface area contributed by atoms with Crippen molar-refractivity contribution in [2.45, 2.75) is 39.0 Å². The Bertz CT molecular complexity index is 126. The van der Waals surface area contributed by atoms with Crippen LogP contribution < -0.4 is 5.73 Å². The van der Waals surface area contributed by atoms with Gasteiger partial charge in [0.25, 0.3) is 0 Å². The molecule has 1 aliphatic heterocycles. The second kappa shape index (κ2) is 4.21. The fourth-order valence-electron chi connectivity index (χ4n) is 1.84. The quantitative estimate of drug-likeness (QED) is 0.657. The molecule has 0 aromatic heterocycles. The molecule has 3 heteroatoms. The molecule has 0 spiro atoms. The summed E-state index contributed by atoms with van der Waals surface area (Å²) in [6.45, 7) is 9.30. The predicted molar refractivity (Wildman–Crippen MR) is 50.1 cm³/mol. The van der Waals surface area contributed by atoms with Gasteiger partial charge in [-0.05, 0) is 20.8 Å². The monoisotopic (exact) mass is 172 g/mol. The van der Waals surface area contributed by atoms with Gasteiger partial charge in [0.05, 0.1) is 12.2 Å². The first kappa shape index (κ1) is 9.96. The van der Waals surface area contributed by atoms with E-state index in [0.717, 1.165) is 19.6 Å². The molecule has 1 fully saturated rings. The van der Waals surface area contributed by atoms with Crippen molar-refractivity contribution in [2.24, 2.45) is 5.73 Å². The highest BCUT2D eigenvalue weighted by molar-refractivity contribution is 4.75. The Morgan fingerprint density at radius 3 is 2.33 bits per heavy atom. The van der Waals surface area contributed by atoms with E-state index in [1.54, 1.807) is 0 Å². The van der Waals surface area contributed by atoms with E-state index in [9.17, 15) is 0 Å². The lowest BCUT2D eigenvalue weighted by Gasteiger charge is -2.36. The first-order valence-corrected chi connectivity index (χ1v) is 4.71. The molecule has 1 heterocycles. The summed E-state index contributed by atoms with van der Waals surface area (Å²) in [5, 5.41) is 0. The minimum atomic E-state index is 0.266. The first-order chi connectivity index (χ1) is 5.58. The summed E-state index contributed by atoms with van der Waals surface area (Å²) in [4.78, 5) is 2.38. The zero-order chi connectivity index (χ0) is 9.14. The highest BCUT2D eigenvalue weighted by Gasteiger charge is 2.22. The lowest BCUT2D eigenvalue weighted by Crippen LogP contribution is -2.48. The van der Waals surface area contributed by atoms with Gasteiger partial charge in [0.2, 0.25) is 0 Å². The van der Waals surface area contributed by atoms with Crippen LogP contribution in [0.15, 0.2) is 0 Å². The summed E-state index contributed by atoms with van der Waals surface area (Å²) >= 11 is 0. The van der Waals surface area contributed by atoms with E-state index in [0.29, 0.717) is 12.2 Å². The van der Waals surface area contributed by atoms with Crippen molar-refractivity contribution in [2.75, 3.05) is 19.6 Å². The number of ether oxygens (including phenoxy) is 1. The van der Waals surface area contributed by atoms with Gasteiger partial charge in [-0.25, -0.2) is 0 Å². The van der Waals surface area contributed by atoms with E-state index in [1.807, 2.05) is 6.92 Å². The van der Waals surface area contributed by atoms with Crippen LogP contribution in [0.25, 0.3) is 0 Å². The largest absolute Gasteiger partial charge is 0.373 e. The zero-order valence-corrected chi connectivity index (χ0v) is 8.29. The van der Waals surface area contributed by atoms with Crippen LogP contribution in [0.4, 0.5) is 0 Å². The van der Waals surface area contributed by atoms with E-state index >= 15 is 0 Å². The van der Waals surface area contributed by atoms with Gasteiger partial charge in [0, 0.05) is 25.7 Å². The number of nitrogens with zero attached hydrogens (tertiary/aromatic N) is 1. The molecule has 1 unspecified atom stereocenters. The van der Waals surface area contributed by atoms with E-state index in [1.165, 1.54) is 0 Å². The molecule has 0 radical (unpaired) electrons. The maximum atomic E-state index is 5.73. The molecular formula is C9H20N2O. The second-order valence-electron chi connectivity index (χ2n) is 3.95. The first-order valence-electron chi connectivity index (χ1n) is 4.71. The molecule has 1 rings (SSSR count). The minimum absolute atomic E-state index is 0.266. The van der Waals surface area contributed by atoms with Crippen LogP contribution in [-0.2, 0) is 4.74 Å². The number of rotatable bonds is 2. The van der Waals surface area contributed by atoms with Gasteiger partial charge >= 0.3 is 0 Å². The zero-order valence-electron chi connectivity index (χ0n) is 8.29. The minimum Gasteiger partial charge on any atom is -0.373 e. The number of hydrogen-bond acceptors (Lipinski definition) is 3. The molecule has 3 atom stereocenters. The molecular weight excluding hydrogens is 152 g/mol. The molecule has 12 heavy (non-hydrogen) atoms. The maximum Gasteiger partial charge on any atom is 0.0678 e. The molecule has 0 amide bonds. The smallest absolute Gasteiger partial charge is 0.0678 e. The summed E-state index contributed by atoms with van der Waals surface area (Å²) in [5.41, 5.74) is 5.73. The Kier molecular flexibility index (Phi) is 3.50. The van der Waals surface area contributed by atoms with Gasteiger partial charge in [0.1, 0.15) is 0 Å². The van der Waals surface area contributed by atoms with Gasteiger partial charge in [-0.15, -0.1) is 0 Å². The highest BCUT2D eigenvalue weighted by Crippen LogP contribution is 2.10.